The first-order valence-electron chi connectivity index (χ1n) is 13.1. The van der Waals surface area contributed by atoms with E-state index in [4.69, 9.17) is 0 Å². The first kappa shape index (κ1) is 25.3. The van der Waals surface area contributed by atoms with Crippen LogP contribution in [0.2, 0.25) is 0 Å². The van der Waals surface area contributed by atoms with Crippen LogP contribution in [0.15, 0.2) is 128 Å². The van der Waals surface area contributed by atoms with Gasteiger partial charge in [0.15, 0.2) is 0 Å². The second kappa shape index (κ2) is 9.97. The predicted molar refractivity (Wildman–Crippen MR) is 163 cm³/mol. The van der Waals surface area contributed by atoms with E-state index >= 15 is 0 Å². The molecule has 0 atom stereocenters. The van der Waals surface area contributed by atoms with Crippen LogP contribution in [0.3, 0.4) is 0 Å². The Balaban J connectivity index is 1.65. The Morgan fingerprint density at radius 3 is 1.75 bits per heavy atom. The van der Waals surface area contributed by atoms with Gasteiger partial charge in [0.25, 0.3) is 0 Å². The van der Waals surface area contributed by atoms with Crippen molar-refractivity contribution in [3.8, 4) is 22.6 Å². The third kappa shape index (κ3) is 4.58. The minimum atomic E-state index is -0.288. The number of aromatic nitrogens is 2. The minimum Gasteiger partial charge on any atom is -0.309 e. The smallest absolute Gasteiger partial charge is 0.123 e. The van der Waals surface area contributed by atoms with Crippen LogP contribution in [0, 0.1) is 18.6 Å². The predicted octanol–water partition coefficient (Wildman–Crippen LogP) is 9.97. The average molecular weight is 527 g/mol. The van der Waals surface area contributed by atoms with Gasteiger partial charge in [-0.05, 0) is 97.8 Å². The molecule has 0 bridgehead atoms. The van der Waals surface area contributed by atoms with Gasteiger partial charge in [-0.25, -0.2) is 8.78 Å². The summed E-state index contributed by atoms with van der Waals surface area (Å²) in [6.07, 6.45) is 3.88. The van der Waals surface area contributed by atoms with Crippen LogP contribution >= 0.6 is 0 Å². The molecule has 0 N–H and O–H groups in total. The second-order valence-electron chi connectivity index (χ2n) is 10.2. The fourth-order valence-electron chi connectivity index (χ4n) is 5.15. The Kier molecular flexibility index (Phi) is 6.31. The van der Waals surface area contributed by atoms with Crippen molar-refractivity contribution in [1.29, 1.82) is 0 Å². The summed E-state index contributed by atoms with van der Waals surface area (Å²) in [6, 6.07) is 30.1. The van der Waals surface area contributed by atoms with Crippen molar-refractivity contribution >= 4 is 27.4 Å². The second-order valence-corrected chi connectivity index (χ2v) is 10.2. The van der Waals surface area contributed by atoms with Gasteiger partial charge in [0.05, 0.1) is 22.4 Å². The van der Waals surface area contributed by atoms with Gasteiger partial charge < -0.3 is 9.13 Å². The summed E-state index contributed by atoms with van der Waals surface area (Å²) in [4.78, 5) is 0. The molecule has 0 radical (unpaired) electrons. The van der Waals surface area contributed by atoms with E-state index in [9.17, 15) is 8.78 Å². The first-order valence-corrected chi connectivity index (χ1v) is 13.1. The lowest BCUT2D eigenvalue weighted by molar-refractivity contribution is 0.627. The SMILES string of the molecule is C=C(C)/C=C\C(=C)c1cc2cc3c(cc(-c4ccc(C)cc4)n3-c3ccc(F)cc3)cc2n1-c1ccc(F)cc1. The molecular formula is C36H28F2N2. The summed E-state index contributed by atoms with van der Waals surface area (Å²) in [5.41, 5.74) is 9.59. The Labute approximate surface area is 232 Å². The van der Waals surface area contributed by atoms with Crippen LogP contribution in [0.5, 0.6) is 0 Å². The molecule has 4 heteroatoms. The van der Waals surface area contributed by atoms with E-state index in [1.807, 2.05) is 19.1 Å². The van der Waals surface area contributed by atoms with E-state index in [-0.39, 0.29) is 11.6 Å². The van der Waals surface area contributed by atoms with E-state index in [1.54, 1.807) is 24.3 Å². The molecule has 2 aromatic heterocycles. The third-order valence-corrected chi connectivity index (χ3v) is 7.14. The van der Waals surface area contributed by atoms with Crippen LogP contribution in [-0.4, -0.2) is 9.13 Å². The van der Waals surface area contributed by atoms with Gasteiger partial charge in [-0.15, -0.1) is 0 Å². The van der Waals surface area contributed by atoms with E-state index in [2.05, 4.69) is 77.7 Å². The summed E-state index contributed by atoms with van der Waals surface area (Å²) in [7, 11) is 0. The lowest BCUT2D eigenvalue weighted by Crippen LogP contribution is -1.99. The highest BCUT2D eigenvalue weighted by Crippen LogP contribution is 2.37. The molecule has 0 aliphatic carbocycles. The molecular weight excluding hydrogens is 498 g/mol. The molecule has 6 rings (SSSR count). The molecule has 0 amide bonds. The maximum absolute atomic E-state index is 13.9. The highest BCUT2D eigenvalue weighted by molar-refractivity contribution is 6.02. The molecule has 0 saturated carbocycles. The topological polar surface area (TPSA) is 9.86 Å². The van der Waals surface area contributed by atoms with Crippen LogP contribution in [0.1, 0.15) is 18.2 Å². The molecule has 0 spiro atoms. The van der Waals surface area contributed by atoms with E-state index in [1.165, 1.54) is 29.8 Å². The minimum absolute atomic E-state index is 0.276. The van der Waals surface area contributed by atoms with Crippen molar-refractivity contribution in [2.24, 2.45) is 0 Å². The van der Waals surface area contributed by atoms with E-state index < -0.39 is 0 Å². The summed E-state index contributed by atoms with van der Waals surface area (Å²) in [6.45, 7) is 12.3. The molecule has 0 fully saturated rings. The summed E-state index contributed by atoms with van der Waals surface area (Å²) in [5.74, 6) is -0.564. The molecule has 6 aromatic rings. The zero-order valence-electron chi connectivity index (χ0n) is 22.5. The maximum atomic E-state index is 13.9. The standard InChI is InChI=1S/C36H28F2N2/c1-23(2)5-8-25(4)33-19-27-21-36-28(22-35(27)39(33)31-15-11-29(37)12-16-31)20-34(26-9-6-24(3)7-10-26)40(36)32-17-13-30(38)14-18-32/h5-22H,1,4H2,2-3H3/b8-5-. The Morgan fingerprint density at radius 2 is 1.18 bits per heavy atom. The van der Waals surface area contributed by atoms with Gasteiger partial charge in [0.2, 0.25) is 0 Å². The van der Waals surface area contributed by atoms with Gasteiger partial charge in [-0.3, -0.25) is 0 Å². The van der Waals surface area contributed by atoms with E-state index in [0.29, 0.717) is 0 Å². The molecule has 0 unspecified atom stereocenters. The number of allylic oxidation sites excluding steroid dienone is 4. The molecule has 0 saturated heterocycles. The molecule has 2 heterocycles. The molecule has 0 aliphatic heterocycles. The van der Waals surface area contributed by atoms with E-state index in [0.717, 1.165) is 61.3 Å². The third-order valence-electron chi connectivity index (χ3n) is 7.14. The lowest BCUT2D eigenvalue weighted by Gasteiger charge is -2.13. The van der Waals surface area contributed by atoms with Crippen LogP contribution in [0.25, 0.3) is 50.0 Å². The van der Waals surface area contributed by atoms with Crippen molar-refractivity contribution in [3.05, 3.63) is 151 Å². The number of rotatable bonds is 6. The highest BCUT2D eigenvalue weighted by atomic mass is 19.1. The fourth-order valence-corrected chi connectivity index (χ4v) is 5.15. The summed E-state index contributed by atoms with van der Waals surface area (Å²) < 4.78 is 32.0. The van der Waals surface area contributed by atoms with Gasteiger partial charge in [0, 0.05) is 22.1 Å². The number of fused-ring (bicyclic) bond motifs is 2. The van der Waals surface area contributed by atoms with Gasteiger partial charge >= 0.3 is 0 Å². The average Bonchev–Trinajstić information content (AvgIpc) is 3.50. The summed E-state index contributed by atoms with van der Waals surface area (Å²) in [5, 5.41) is 2.04. The van der Waals surface area contributed by atoms with Crippen molar-refractivity contribution in [2.45, 2.75) is 13.8 Å². The van der Waals surface area contributed by atoms with Crippen molar-refractivity contribution in [2.75, 3.05) is 0 Å². The summed E-state index contributed by atoms with van der Waals surface area (Å²) >= 11 is 0. The van der Waals surface area contributed by atoms with Gasteiger partial charge in [-0.1, -0.05) is 60.7 Å². The molecule has 196 valence electrons. The first-order chi connectivity index (χ1) is 19.3. The molecule has 0 aliphatic rings. The van der Waals surface area contributed by atoms with Crippen LogP contribution in [0.4, 0.5) is 8.78 Å². The van der Waals surface area contributed by atoms with Crippen molar-refractivity contribution in [3.63, 3.8) is 0 Å². The zero-order chi connectivity index (χ0) is 28.0. The lowest BCUT2D eigenvalue weighted by atomic mass is 10.1. The number of benzene rings is 4. The number of hydrogen-bond acceptors (Lipinski definition) is 0. The molecule has 40 heavy (non-hydrogen) atoms. The molecule has 4 aromatic carbocycles. The van der Waals surface area contributed by atoms with Crippen LogP contribution < -0.4 is 0 Å². The number of hydrogen-bond donors (Lipinski definition) is 0. The van der Waals surface area contributed by atoms with Crippen LogP contribution in [-0.2, 0) is 0 Å². The van der Waals surface area contributed by atoms with Crippen molar-refractivity contribution < 1.29 is 8.78 Å². The molecule has 2 nitrogen and oxygen atoms in total. The quantitative estimate of drug-likeness (QED) is 0.191. The van der Waals surface area contributed by atoms with Crippen molar-refractivity contribution in [1.82, 2.24) is 9.13 Å². The number of halogens is 2. The maximum Gasteiger partial charge on any atom is 0.123 e. The highest BCUT2D eigenvalue weighted by Gasteiger charge is 2.18. The zero-order valence-corrected chi connectivity index (χ0v) is 22.5. The Bertz CT molecular complexity index is 1930. The largest absolute Gasteiger partial charge is 0.309 e. The van der Waals surface area contributed by atoms with Gasteiger partial charge in [-0.2, -0.15) is 0 Å². The fraction of sp³-hybridized carbons (Fsp3) is 0.0556. The normalized spacial score (nSPS) is 11.6. The number of aryl methyl sites for hydroxylation is 1. The monoisotopic (exact) mass is 526 g/mol. The number of nitrogens with zero attached hydrogens (tertiary/aromatic N) is 2. The van der Waals surface area contributed by atoms with Gasteiger partial charge in [0.1, 0.15) is 11.6 Å². The Hall–Kier alpha value is -4.96. The Morgan fingerprint density at radius 1 is 0.650 bits per heavy atom.